The first-order valence-corrected chi connectivity index (χ1v) is 14.1. The maximum absolute atomic E-state index is 13.4. The third kappa shape index (κ3) is 5.40. The Balaban J connectivity index is 1.41. The van der Waals surface area contributed by atoms with Gasteiger partial charge in [0.05, 0.1) is 12.1 Å². The molecule has 2 saturated carbocycles. The molecule has 0 saturated heterocycles. The minimum absolute atomic E-state index is 0.0201. The molecule has 16 heteroatoms. The second kappa shape index (κ2) is 9.81. The van der Waals surface area contributed by atoms with Crippen molar-refractivity contribution < 1.29 is 35.2 Å². The lowest BCUT2D eigenvalue weighted by molar-refractivity contribution is -0.119. The van der Waals surface area contributed by atoms with E-state index in [1.54, 1.807) is 0 Å². The van der Waals surface area contributed by atoms with E-state index in [0.717, 1.165) is 22.1 Å². The summed E-state index contributed by atoms with van der Waals surface area (Å²) in [7, 11) is -2.79. The van der Waals surface area contributed by atoms with E-state index >= 15 is 0 Å². The van der Waals surface area contributed by atoms with Gasteiger partial charge in [-0.05, 0) is 37.7 Å². The maximum Gasteiger partial charge on any atom is 0.282 e. The molecule has 0 aromatic carbocycles. The molecule has 206 valence electrons. The number of aryl methyl sites for hydroxylation is 2. The Kier molecular flexibility index (Phi) is 6.95. The Labute approximate surface area is 218 Å². The number of aliphatic imine (C=N–C) groups is 2. The predicted octanol–water partition coefficient (Wildman–Crippen LogP) is 4.15. The third-order valence-corrected chi connectivity index (χ3v) is 9.71. The van der Waals surface area contributed by atoms with Gasteiger partial charge in [-0.2, -0.15) is 10.1 Å². The smallest absolute Gasteiger partial charge is 0.282 e. The van der Waals surface area contributed by atoms with Crippen LogP contribution in [0.2, 0.25) is 0 Å². The minimum Gasteiger partial charge on any atom is -0.316 e. The number of fused-ring (bicyclic) bond motifs is 1. The van der Waals surface area contributed by atoms with E-state index in [2.05, 4.69) is 31.1 Å². The molecule has 0 bridgehead atoms. The highest BCUT2D eigenvalue weighted by Gasteiger charge is 2.61. The second-order valence-electron chi connectivity index (χ2n) is 9.65. The summed E-state index contributed by atoms with van der Waals surface area (Å²) in [5.74, 6) is -5.49. The van der Waals surface area contributed by atoms with Gasteiger partial charge in [0, 0.05) is 30.5 Å². The molecule has 5 rings (SSSR count). The molecule has 38 heavy (non-hydrogen) atoms. The molecule has 2 aromatic heterocycles. The van der Waals surface area contributed by atoms with Crippen molar-refractivity contribution in [3.05, 3.63) is 22.2 Å². The van der Waals surface area contributed by atoms with E-state index in [4.69, 9.17) is 0 Å². The van der Waals surface area contributed by atoms with Gasteiger partial charge < -0.3 is 5.32 Å². The van der Waals surface area contributed by atoms with Gasteiger partial charge >= 0.3 is 0 Å². The summed E-state index contributed by atoms with van der Waals surface area (Å²) in [4.78, 5) is 21.0. The fourth-order valence-corrected chi connectivity index (χ4v) is 7.72. The Hall–Kier alpha value is -2.68. The van der Waals surface area contributed by atoms with Gasteiger partial charge in [0.15, 0.2) is 5.82 Å². The van der Waals surface area contributed by atoms with Crippen LogP contribution in [0.25, 0.3) is 0 Å². The fourth-order valence-electron chi connectivity index (χ4n) is 4.49. The molecular formula is C22H23F5N6O3S2. The number of alkyl halides is 5. The fraction of sp³-hybridized carbons (Fsp3) is 0.591. The van der Waals surface area contributed by atoms with E-state index in [9.17, 15) is 35.2 Å². The molecule has 0 spiro atoms. The summed E-state index contributed by atoms with van der Waals surface area (Å²) in [6.45, 7) is 0. The molecule has 2 fully saturated rings. The van der Waals surface area contributed by atoms with Crippen molar-refractivity contribution in [1.82, 2.24) is 14.5 Å². The molecule has 2 heterocycles. The number of anilines is 1. The number of hydrogen-bond acceptors (Lipinski definition) is 7. The molecular weight excluding hydrogens is 555 g/mol. The molecule has 0 radical (unpaired) electrons. The number of halogens is 5. The highest BCUT2D eigenvalue weighted by Crippen LogP contribution is 2.50. The van der Waals surface area contributed by atoms with Gasteiger partial charge in [0.2, 0.25) is 15.9 Å². The van der Waals surface area contributed by atoms with E-state index in [0.29, 0.717) is 23.3 Å². The Morgan fingerprint density at radius 2 is 2.05 bits per heavy atom. The lowest BCUT2D eigenvalue weighted by Crippen LogP contribution is -2.45. The summed E-state index contributed by atoms with van der Waals surface area (Å²) >= 11 is 1.01. The Morgan fingerprint density at radius 3 is 2.66 bits per heavy atom. The van der Waals surface area contributed by atoms with Crippen LogP contribution in [0, 0.1) is 5.92 Å². The highest BCUT2D eigenvalue weighted by molar-refractivity contribution is 7.90. The number of aromatic nitrogens is 2. The first kappa shape index (κ1) is 26.9. The van der Waals surface area contributed by atoms with Gasteiger partial charge in [-0.25, -0.2) is 44.8 Å². The van der Waals surface area contributed by atoms with Crippen LogP contribution in [-0.2, 0) is 34.7 Å². The summed E-state index contributed by atoms with van der Waals surface area (Å²) in [5, 5.41) is 5.97. The van der Waals surface area contributed by atoms with Crippen LogP contribution in [0.15, 0.2) is 20.9 Å². The van der Waals surface area contributed by atoms with Gasteiger partial charge in [-0.15, -0.1) is 11.3 Å². The van der Waals surface area contributed by atoms with Crippen LogP contribution in [0.3, 0.4) is 0 Å². The lowest BCUT2D eigenvalue weighted by atomic mass is 9.92. The van der Waals surface area contributed by atoms with Crippen LogP contribution in [0.1, 0.15) is 48.2 Å². The van der Waals surface area contributed by atoms with Crippen LogP contribution >= 0.6 is 11.3 Å². The number of carbonyl (C=O) groups excluding carboxylic acids is 1. The number of nitrogens with one attached hydrogen (secondary N) is 2. The lowest BCUT2D eigenvalue weighted by Gasteiger charge is -2.30. The van der Waals surface area contributed by atoms with E-state index < -0.39 is 64.6 Å². The van der Waals surface area contributed by atoms with Crippen LogP contribution in [0.5, 0.6) is 0 Å². The maximum atomic E-state index is 13.4. The molecule has 0 aliphatic heterocycles. The predicted molar refractivity (Wildman–Crippen MR) is 128 cm³/mol. The summed E-state index contributed by atoms with van der Waals surface area (Å²) < 4.78 is 96.1. The first-order valence-electron chi connectivity index (χ1n) is 11.8. The van der Waals surface area contributed by atoms with E-state index in [1.807, 2.05) is 0 Å². The van der Waals surface area contributed by atoms with Crippen molar-refractivity contribution >= 4 is 44.1 Å². The second-order valence-corrected chi connectivity index (χ2v) is 12.4. The number of amides is 1. The van der Waals surface area contributed by atoms with Gasteiger partial charge in [0.1, 0.15) is 27.7 Å². The molecule has 9 nitrogen and oxygen atoms in total. The van der Waals surface area contributed by atoms with Crippen molar-refractivity contribution in [2.45, 2.75) is 74.0 Å². The highest BCUT2D eigenvalue weighted by atomic mass is 32.2. The number of thiophene rings is 1. The van der Waals surface area contributed by atoms with Crippen molar-refractivity contribution in [3.63, 3.8) is 0 Å². The van der Waals surface area contributed by atoms with Gasteiger partial charge in [-0.1, -0.05) is 0 Å². The molecule has 3 aliphatic rings. The number of rotatable bonds is 8. The zero-order valence-corrected chi connectivity index (χ0v) is 21.6. The van der Waals surface area contributed by atoms with Crippen LogP contribution in [-0.4, -0.2) is 54.3 Å². The third-order valence-electron chi connectivity index (χ3n) is 6.74. The molecule has 2 aromatic rings. The normalized spacial score (nSPS) is 25.8. The van der Waals surface area contributed by atoms with Crippen molar-refractivity contribution in [1.29, 1.82) is 0 Å². The molecule has 2 N–H and O–H groups in total. The Bertz CT molecular complexity index is 1430. The van der Waals surface area contributed by atoms with Crippen molar-refractivity contribution in [2.75, 3.05) is 5.32 Å². The number of sulfonamides is 1. The topological polar surface area (TPSA) is 118 Å². The van der Waals surface area contributed by atoms with E-state index in [-0.39, 0.29) is 35.0 Å². The Morgan fingerprint density at radius 1 is 1.34 bits per heavy atom. The quantitative estimate of drug-likeness (QED) is 0.361. The van der Waals surface area contributed by atoms with Gasteiger partial charge in [0.25, 0.3) is 12.3 Å². The average Bonchev–Trinajstić information content (AvgIpc) is 3.11. The first-order chi connectivity index (χ1) is 17.8. The number of carbonyl (C=O) groups is 1. The number of hydrogen-bond donors (Lipinski definition) is 2. The monoisotopic (exact) mass is 578 g/mol. The van der Waals surface area contributed by atoms with E-state index in [1.165, 1.54) is 7.05 Å². The molecule has 1 unspecified atom stereocenters. The zero-order chi connectivity index (χ0) is 27.4. The SMILES string of the molecule is Cn1nc(C(F)F)cc1N=C=N[C@H]1CCc2sc(NC(=O)C3CC3(F)F)c(S(=O)(=O)N[C@H]3C[C@H](F)C3)c2C1. The standard InChI is InChI=1S/C22H23F5N6O3S2/c1-33-17(7-15(31-33)19(24)25)29-9-28-11-2-3-16-13(6-11)18(38(35,36)32-12-4-10(23)5-12)21(37-16)30-20(34)14-8-22(14,26)27/h7,10-12,14,19,32H,2-6,8H2,1H3,(H,30,34)/t10-,11-,12-,14?/m0/s1. The molecule has 1 amide bonds. The molecule has 2 atom stereocenters. The zero-order valence-electron chi connectivity index (χ0n) is 19.9. The van der Waals surface area contributed by atoms with Gasteiger partial charge in [-0.3, -0.25) is 4.79 Å². The number of nitrogens with zero attached hydrogens (tertiary/aromatic N) is 4. The summed E-state index contributed by atoms with van der Waals surface area (Å²) in [6, 6.07) is 2.49. The van der Waals surface area contributed by atoms with Crippen LogP contribution in [0.4, 0.5) is 32.8 Å². The minimum atomic E-state index is -4.23. The largest absolute Gasteiger partial charge is 0.316 e. The average molecular weight is 579 g/mol. The molecule has 3 aliphatic carbocycles. The summed E-state index contributed by atoms with van der Waals surface area (Å²) in [6.07, 6.45) is -3.42. The summed E-state index contributed by atoms with van der Waals surface area (Å²) in [5.41, 5.74) is -0.0566. The van der Waals surface area contributed by atoms with Crippen molar-refractivity contribution in [3.8, 4) is 0 Å². The van der Waals surface area contributed by atoms with Crippen LogP contribution < -0.4 is 10.0 Å². The van der Waals surface area contributed by atoms with Crippen molar-refractivity contribution in [2.24, 2.45) is 23.0 Å².